The van der Waals surface area contributed by atoms with E-state index in [9.17, 15) is 22.0 Å². The molecule has 1 amide bonds. The fourth-order valence-corrected chi connectivity index (χ4v) is 4.73. The minimum atomic E-state index is -3.78. The predicted octanol–water partition coefficient (Wildman–Crippen LogP) is 3.09. The molecule has 0 aromatic heterocycles. The molecule has 1 aliphatic rings. The minimum absolute atomic E-state index is 0.00458. The molecule has 0 atom stereocenters. The molecule has 4 rings (SSSR count). The average Bonchev–Trinajstić information content (AvgIpc) is 2.82. The standard InChI is InChI=1S/C25H25F2N3O3S/c26-21-7-3-19(4-8-21)25(20-5-9-22(27)10-6-20)30-15-13-29(14-16-30)24(31)17-18-1-11-23(12-2-18)34(28,32)33/h1-12,25H,13-17H2,(H2,28,32,33). The number of nitrogens with two attached hydrogens (primary N) is 1. The molecule has 6 nitrogen and oxygen atoms in total. The van der Waals surface area contributed by atoms with Gasteiger partial charge in [0, 0.05) is 26.2 Å². The molecule has 1 saturated heterocycles. The summed E-state index contributed by atoms with van der Waals surface area (Å²) in [4.78, 5) is 16.8. The first-order valence-electron chi connectivity index (χ1n) is 10.9. The molecule has 3 aromatic carbocycles. The summed E-state index contributed by atoms with van der Waals surface area (Å²) >= 11 is 0. The molecule has 1 aliphatic heterocycles. The van der Waals surface area contributed by atoms with Gasteiger partial charge in [0.15, 0.2) is 0 Å². The minimum Gasteiger partial charge on any atom is -0.340 e. The Bertz CT molecular complexity index is 1190. The molecule has 9 heteroatoms. The number of primary sulfonamides is 1. The first-order valence-corrected chi connectivity index (χ1v) is 12.4. The highest BCUT2D eigenvalue weighted by Gasteiger charge is 2.28. The molecule has 34 heavy (non-hydrogen) atoms. The maximum absolute atomic E-state index is 13.5. The van der Waals surface area contributed by atoms with Gasteiger partial charge in [-0.05, 0) is 53.1 Å². The highest BCUT2D eigenvalue weighted by Crippen LogP contribution is 2.30. The molecular formula is C25H25F2N3O3S. The number of hydrogen-bond acceptors (Lipinski definition) is 4. The average molecular weight is 486 g/mol. The van der Waals surface area contributed by atoms with Gasteiger partial charge in [-0.15, -0.1) is 0 Å². The van der Waals surface area contributed by atoms with Crippen LogP contribution in [-0.4, -0.2) is 50.3 Å². The number of carbonyl (C=O) groups is 1. The zero-order valence-electron chi connectivity index (χ0n) is 18.4. The van der Waals surface area contributed by atoms with Crippen molar-refractivity contribution in [3.05, 3.63) is 101 Å². The first-order chi connectivity index (χ1) is 16.2. The Kier molecular flexibility index (Phi) is 7.06. The predicted molar refractivity (Wildman–Crippen MR) is 124 cm³/mol. The van der Waals surface area contributed by atoms with E-state index in [2.05, 4.69) is 4.90 Å². The fourth-order valence-electron chi connectivity index (χ4n) is 4.22. The third kappa shape index (κ3) is 5.67. The van der Waals surface area contributed by atoms with E-state index in [4.69, 9.17) is 5.14 Å². The molecular weight excluding hydrogens is 460 g/mol. The van der Waals surface area contributed by atoms with E-state index in [1.165, 1.54) is 36.4 Å². The molecule has 0 saturated carbocycles. The van der Waals surface area contributed by atoms with Gasteiger partial charge in [-0.25, -0.2) is 22.3 Å². The normalized spacial score (nSPS) is 15.0. The second-order valence-electron chi connectivity index (χ2n) is 8.29. The number of piperazine rings is 1. The van der Waals surface area contributed by atoms with Crippen LogP contribution in [0.5, 0.6) is 0 Å². The monoisotopic (exact) mass is 485 g/mol. The summed E-state index contributed by atoms with van der Waals surface area (Å²) in [5.74, 6) is -0.702. The Morgan fingerprint density at radius 1 is 0.794 bits per heavy atom. The second kappa shape index (κ2) is 10.0. The molecule has 3 aromatic rings. The van der Waals surface area contributed by atoms with Gasteiger partial charge in [0.05, 0.1) is 17.4 Å². The molecule has 0 aliphatic carbocycles. The van der Waals surface area contributed by atoms with Gasteiger partial charge >= 0.3 is 0 Å². The third-order valence-electron chi connectivity index (χ3n) is 6.01. The summed E-state index contributed by atoms with van der Waals surface area (Å²) in [6, 6.07) is 18.3. The quantitative estimate of drug-likeness (QED) is 0.582. The maximum Gasteiger partial charge on any atom is 0.238 e. The number of hydrogen-bond donors (Lipinski definition) is 1. The van der Waals surface area contributed by atoms with Crippen molar-refractivity contribution < 1.29 is 22.0 Å². The summed E-state index contributed by atoms with van der Waals surface area (Å²) < 4.78 is 49.8. The second-order valence-corrected chi connectivity index (χ2v) is 9.85. The van der Waals surface area contributed by atoms with E-state index < -0.39 is 10.0 Å². The molecule has 1 fully saturated rings. The number of amides is 1. The van der Waals surface area contributed by atoms with Crippen molar-refractivity contribution in [1.82, 2.24) is 9.80 Å². The Morgan fingerprint density at radius 2 is 1.26 bits per heavy atom. The lowest BCUT2D eigenvalue weighted by molar-refractivity contribution is -0.132. The van der Waals surface area contributed by atoms with Gasteiger partial charge in [0.2, 0.25) is 15.9 Å². The fraction of sp³-hybridized carbons (Fsp3) is 0.240. The van der Waals surface area contributed by atoms with Crippen LogP contribution in [0.25, 0.3) is 0 Å². The Labute approximate surface area is 197 Å². The topological polar surface area (TPSA) is 83.7 Å². The van der Waals surface area contributed by atoms with Gasteiger partial charge in [0.25, 0.3) is 0 Å². The van der Waals surface area contributed by atoms with Gasteiger partial charge in [-0.3, -0.25) is 9.69 Å². The third-order valence-corrected chi connectivity index (χ3v) is 6.94. The molecule has 0 bridgehead atoms. The summed E-state index contributed by atoms with van der Waals surface area (Å²) in [5, 5.41) is 5.12. The van der Waals surface area contributed by atoms with E-state index in [1.54, 1.807) is 41.3 Å². The van der Waals surface area contributed by atoms with Crippen molar-refractivity contribution in [2.45, 2.75) is 17.4 Å². The molecule has 0 radical (unpaired) electrons. The molecule has 1 heterocycles. The SMILES string of the molecule is NS(=O)(=O)c1ccc(CC(=O)N2CCN(C(c3ccc(F)cc3)c3ccc(F)cc3)CC2)cc1. The van der Waals surface area contributed by atoms with Gasteiger partial charge in [-0.2, -0.15) is 0 Å². The van der Waals surface area contributed by atoms with Crippen molar-refractivity contribution in [2.24, 2.45) is 5.14 Å². The van der Waals surface area contributed by atoms with Crippen LogP contribution in [0.1, 0.15) is 22.7 Å². The summed E-state index contributed by atoms with van der Waals surface area (Å²) in [6.07, 6.45) is 0.157. The lowest BCUT2D eigenvalue weighted by atomic mass is 9.96. The number of sulfonamides is 1. The van der Waals surface area contributed by atoms with Crippen LogP contribution in [0.4, 0.5) is 8.78 Å². The summed E-state index contributed by atoms with van der Waals surface area (Å²) in [7, 11) is -3.78. The molecule has 178 valence electrons. The zero-order chi connectivity index (χ0) is 24.3. The van der Waals surface area contributed by atoms with Crippen LogP contribution < -0.4 is 5.14 Å². The number of carbonyl (C=O) groups excluding carboxylic acids is 1. The largest absolute Gasteiger partial charge is 0.340 e. The Balaban J connectivity index is 1.44. The van der Waals surface area contributed by atoms with Crippen LogP contribution >= 0.6 is 0 Å². The van der Waals surface area contributed by atoms with Crippen molar-refractivity contribution in [1.29, 1.82) is 0 Å². The van der Waals surface area contributed by atoms with E-state index in [1.807, 2.05) is 0 Å². The molecule has 0 spiro atoms. The number of benzene rings is 3. The van der Waals surface area contributed by atoms with Crippen molar-refractivity contribution in [3.8, 4) is 0 Å². The number of halogens is 2. The van der Waals surface area contributed by atoms with Crippen LogP contribution in [0.3, 0.4) is 0 Å². The maximum atomic E-state index is 13.5. The highest BCUT2D eigenvalue weighted by atomic mass is 32.2. The van der Waals surface area contributed by atoms with E-state index >= 15 is 0 Å². The molecule has 0 unspecified atom stereocenters. The van der Waals surface area contributed by atoms with Gasteiger partial charge < -0.3 is 4.90 Å². The smallest absolute Gasteiger partial charge is 0.238 e. The lowest BCUT2D eigenvalue weighted by Gasteiger charge is -2.40. The molecule has 2 N–H and O–H groups in total. The van der Waals surface area contributed by atoms with Crippen molar-refractivity contribution in [2.75, 3.05) is 26.2 Å². The van der Waals surface area contributed by atoms with Crippen molar-refractivity contribution >= 4 is 15.9 Å². The Morgan fingerprint density at radius 3 is 1.71 bits per heavy atom. The number of nitrogens with zero attached hydrogens (tertiary/aromatic N) is 2. The van der Waals surface area contributed by atoms with Crippen LogP contribution in [-0.2, 0) is 21.2 Å². The van der Waals surface area contributed by atoms with Gasteiger partial charge in [0.1, 0.15) is 11.6 Å². The van der Waals surface area contributed by atoms with Gasteiger partial charge in [-0.1, -0.05) is 36.4 Å². The van der Waals surface area contributed by atoms with Crippen LogP contribution in [0.15, 0.2) is 77.7 Å². The highest BCUT2D eigenvalue weighted by molar-refractivity contribution is 7.89. The summed E-state index contributed by atoms with van der Waals surface area (Å²) in [5.41, 5.74) is 2.49. The van der Waals surface area contributed by atoms with Crippen LogP contribution in [0, 0.1) is 11.6 Å². The Hall–Kier alpha value is -3.14. The van der Waals surface area contributed by atoms with E-state index in [0.29, 0.717) is 31.7 Å². The lowest BCUT2D eigenvalue weighted by Crippen LogP contribution is -2.50. The number of rotatable bonds is 6. The van der Waals surface area contributed by atoms with E-state index in [-0.39, 0.29) is 34.9 Å². The zero-order valence-corrected chi connectivity index (χ0v) is 19.2. The van der Waals surface area contributed by atoms with E-state index in [0.717, 1.165) is 11.1 Å². The van der Waals surface area contributed by atoms with Crippen molar-refractivity contribution in [3.63, 3.8) is 0 Å². The van der Waals surface area contributed by atoms with Crippen LogP contribution in [0.2, 0.25) is 0 Å². The summed E-state index contributed by atoms with van der Waals surface area (Å²) in [6.45, 7) is 2.20. The first kappa shape index (κ1) is 24.0.